The van der Waals surface area contributed by atoms with Crippen molar-refractivity contribution in [3.05, 3.63) is 35.4 Å². The van der Waals surface area contributed by atoms with Crippen LogP contribution in [0.3, 0.4) is 0 Å². The monoisotopic (exact) mass is 257 g/mol. The Labute approximate surface area is 117 Å². The lowest BCUT2D eigenvalue weighted by Gasteiger charge is -2.32. The fraction of sp³-hybridized carbons (Fsp3) is 0.667. The normalized spacial score (nSPS) is 27.4. The van der Waals surface area contributed by atoms with E-state index < -0.39 is 0 Å². The van der Waals surface area contributed by atoms with E-state index in [-0.39, 0.29) is 0 Å². The molecular formula is C18H27N. The van der Waals surface area contributed by atoms with Crippen LogP contribution in [0.15, 0.2) is 24.3 Å². The molecule has 1 aromatic carbocycles. The lowest BCUT2D eigenvalue weighted by Crippen LogP contribution is -2.32. The molecule has 2 unspecified atom stereocenters. The van der Waals surface area contributed by atoms with Gasteiger partial charge in [-0.15, -0.1) is 0 Å². The molecule has 104 valence electrons. The Balaban J connectivity index is 1.59. The standard InChI is InChI=1S/C18H27N/c1-14-5-4-6-15(11-14)12-16-7-2-3-8-17(16)13-19-18-9-10-18/h4-6,11,16-19H,2-3,7-10,12-13H2,1H3. The van der Waals surface area contributed by atoms with E-state index in [9.17, 15) is 0 Å². The number of rotatable bonds is 5. The Hall–Kier alpha value is -0.820. The molecule has 19 heavy (non-hydrogen) atoms. The van der Waals surface area contributed by atoms with Gasteiger partial charge in [0.1, 0.15) is 0 Å². The Morgan fingerprint density at radius 1 is 1.05 bits per heavy atom. The SMILES string of the molecule is Cc1cccc(CC2CCCCC2CNC2CC2)c1. The third-order valence-electron chi connectivity index (χ3n) is 4.89. The summed E-state index contributed by atoms with van der Waals surface area (Å²) in [6.07, 6.45) is 9.88. The minimum absolute atomic E-state index is 0.863. The molecule has 0 aliphatic heterocycles. The van der Waals surface area contributed by atoms with E-state index >= 15 is 0 Å². The first kappa shape index (κ1) is 13.2. The minimum atomic E-state index is 0.863. The van der Waals surface area contributed by atoms with Gasteiger partial charge < -0.3 is 5.32 Å². The van der Waals surface area contributed by atoms with Crippen LogP contribution in [-0.2, 0) is 6.42 Å². The molecular weight excluding hydrogens is 230 g/mol. The second-order valence-corrected chi connectivity index (χ2v) is 6.68. The molecule has 1 N–H and O–H groups in total. The summed E-state index contributed by atoms with van der Waals surface area (Å²) < 4.78 is 0. The van der Waals surface area contributed by atoms with Gasteiger partial charge >= 0.3 is 0 Å². The van der Waals surface area contributed by atoms with E-state index in [0.29, 0.717) is 0 Å². The van der Waals surface area contributed by atoms with Crippen molar-refractivity contribution >= 4 is 0 Å². The smallest absolute Gasteiger partial charge is 0.00683 e. The quantitative estimate of drug-likeness (QED) is 0.837. The maximum Gasteiger partial charge on any atom is 0.00683 e. The second-order valence-electron chi connectivity index (χ2n) is 6.68. The summed E-state index contributed by atoms with van der Waals surface area (Å²) in [6, 6.07) is 9.97. The van der Waals surface area contributed by atoms with E-state index in [1.807, 2.05) is 0 Å². The summed E-state index contributed by atoms with van der Waals surface area (Å²) in [5.74, 6) is 1.82. The van der Waals surface area contributed by atoms with E-state index in [1.165, 1.54) is 57.1 Å². The summed E-state index contributed by atoms with van der Waals surface area (Å²) in [4.78, 5) is 0. The molecule has 0 spiro atoms. The number of hydrogen-bond donors (Lipinski definition) is 1. The van der Waals surface area contributed by atoms with E-state index in [2.05, 4.69) is 36.5 Å². The molecule has 0 saturated heterocycles. The molecule has 0 bridgehead atoms. The zero-order chi connectivity index (χ0) is 13.1. The van der Waals surface area contributed by atoms with Crippen molar-refractivity contribution in [2.45, 2.75) is 57.9 Å². The highest BCUT2D eigenvalue weighted by atomic mass is 14.9. The molecule has 0 amide bonds. The van der Waals surface area contributed by atoms with Crippen molar-refractivity contribution in [3.8, 4) is 0 Å². The zero-order valence-electron chi connectivity index (χ0n) is 12.2. The first-order valence-corrected chi connectivity index (χ1v) is 8.10. The molecule has 2 fully saturated rings. The van der Waals surface area contributed by atoms with Crippen molar-refractivity contribution in [3.63, 3.8) is 0 Å². The Bertz CT molecular complexity index is 408. The minimum Gasteiger partial charge on any atom is -0.314 e. The number of hydrogen-bond acceptors (Lipinski definition) is 1. The van der Waals surface area contributed by atoms with Gasteiger partial charge in [-0.2, -0.15) is 0 Å². The molecule has 2 aliphatic carbocycles. The predicted molar refractivity (Wildman–Crippen MR) is 81.4 cm³/mol. The zero-order valence-corrected chi connectivity index (χ0v) is 12.2. The number of benzene rings is 1. The molecule has 2 aliphatic rings. The maximum absolute atomic E-state index is 3.75. The van der Waals surface area contributed by atoms with Crippen LogP contribution in [0.4, 0.5) is 0 Å². The van der Waals surface area contributed by atoms with Crippen molar-refractivity contribution in [2.75, 3.05) is 6.54 Å². The lowest BCUT2D eigenvalue weighted by molar-refractivity contribution is 0.228. The van der Waals surface area contributed by atoms with E-state index in [4.69, 9.17) is 0 Å². The van der Waals surface area contributed by atoms with E-state index in [1.54, 1.807) is 5.56 Å². The fourth-order valence-corrected chi connectivity index (χ4v) is 3.57. The van der Waals surface area contributed by atoms with Gasteiger partial charge in [-0.25, -0.2) is 0 Å². The van der Waals surface area contributed by atoms with Crippen molar-refractivity contribution in [1.82, 2.24) is 5.32 Å². The molecule has 1 heteroatoms. The van der Waals surface area contributed by atoms with Crippen LogP contribution in [0.25, 0.3) is 0 Å². The van der Waals surface area contributed by atoms with Gasteiger partial charge in [0, 0.05) is 6.04 Å². The molecule has 3 rings (SSSR count). The van der Waals surface area contributed by atoms with Crippen LogP contribution in [0.5, 0.6) is 0 Å². The second kappa shape index (κ2) is 6.09. The van der Waals surface area contributed by atoms with Gasteiger partial charge in [0.2, 0.25) is 0 Å². The fourth-order valence-electron chi connectivity index (χ4n) is 3.57. The average Bonchev–Trinajstić information content (AvgIpc) is 3.22. The van der Waals surface area contributed by atoms with Crippen LogP contribution in [0.1, 0.15) is 49.7 Å². The third-order valence-corrected chi connectivity index (χ3v) is 4.89. The van der Waals surface area contributed by atoms with Gasteiger partial charge in [-0.1, -0.05) is 42.7 Å². The number of aryl methyl sites for hydroxylation is 1. The molecule has 0 heterocycles. The molecule has 1 aromatic rings. The highest BCUT2D eigenvalue weighted by molar-refractivity contribution is 5.22. The van der Waals surface area contributed by atoms with Gasteiger partial charge in [0.05, 0.1) is 0 Å². The van der Waals surface area contributed by atoms with Gasteiger partial charge in [-0.3, -0.25) is 0 Å². The molecule has 1 nitrogen and oxygen atoms in total. The highest BCUT2D eigenvalue weighted by Crippen LogP contribution is 2.33. The van der Waals surface area contributed by atoms with Crippen LogP contribution in [0, 0.1) is 18.8 Å². The van der Waals surface area contributed by atoms with Gasteiger partial charge in [0.25, 0.3) is 0 Å². The lowest BCUT2D eigenvalue weighted by atomic mass is 9.76. The Kier molecular flexibility index (Phi) is 4.22. The first-order chi connectivity index (χ1) is 9.31. The summed E-state index contributed by atoms with van der Waals surface area (Å²) in [6.45, 7) is 3.47. The summed E-state index contributed by atoms with van der Waals surface area (Å²) in [5.41, 5.74) is 2.95. The van der Waals surface area contributed by atoms with Crippen LogP contribution in [0.2, 0.25) is 0 Å². The van der Waals surface area contributed by atoms with Crippen molar-refractivity contribution in [1.29, 1.82) is 0 Å². The topological polar surface area (TPSA) is 12.0 Å². The van der Waals surface area contributed by atoms with Crippen molar-refractivity contribution < 1.29 is 0 Å². The molecule has 0 aromatic heterocycles. The van der Waals surface area contributed by atoms with E-state index in [0.717, 1.165) is 17.9 Å². The average molecular weight is 257 g/mol. The largest absolute Gasteiger partial charge is 0.314 e. The Morgan fingerprint density at radius 3 is 2.58 bits per heavy atom. The third kappa shape index (κ3) is 3.82. The highest BCUT2D eigenvalue weighted by Gasteiger charge is 2.28. The first-order valence-electron chi connectivity index (χ1n) is 8.10. The van der Waals surface area contributed by atoms with Crippen LogP contribution in [-0.4, -0.2) is 12.6 Å². The molecule has 0 radical (unpaired) electrons. The van der Waals surface area contributed by atoms with Crippen molar-refractivity contribution in [2.24, 2.45) is 11.8 Å². The van der Waals surface area contributed by atoms with Crippen LogP contribution < -0.4 is 5.32 Å². The summed E-state index contributed by atoms with van der Waals surface area (Å²) in [7, 11) is 0. The van der Waals surface area contributed by atoms with Gasteiger partial charge in [-0.05, 0) is 63.0 Å². The summed E-state index contributed by atoms with van der Waals surface area (Å²) in [5, 5.41) is 3.75. The predicted octanol–water partition coefficient (Wildman–Crippen LogP) is 4.10. The van der Waals surface area contributed by atoms with Crippen LogP contribution >= 0.6 is 0 Å². The summed E-state index contributed by atoms with van der Waals surface area (Å²) >= 11 is 0. The molecule has 2 atom stereocenters. The Morgan fingerprint density at radius 2 is 1.84 bits per heavy atom. The molecule has 2 saturated carbocycles. The maximum atomic E-state index is 3.75. The number of nitrogens with one attached hydrogen (secondary N) is 1. The van der Waals surface area contributed by atoms with Gasteiger partial charge in [0.15, 0.2) is 0 Å².